The standard InChI is InChI=1S/C34H47NO6S/c1-22-12-10-8-9-11-13-29(23(2)18-27-21-42-25(4)35-27)41-31(36)19-30(34(5,6)33(38)24(3)32(22)37)40-20-26-14-16-28(39-7)17-15-26/h9,11,14-18,21-22,24,29-30,32,37H,8,10,12-13,19-20H2,1-7H3/b11-9-,23-18+/t22-,24-,29-,30+,32-/m1/s1. The van der Waals surface area contributed by atoms with Gasteiger partial charge in [-0.3, -0.25) is 9.59 Å². The number of nitrogens with zero attached hydrogens (tertiary/aromatic N) is 1. The van der Waals surface area contributed by atoms with Crippen LogP contribution in [-0.4, -0.2) is 47.3 Å². The highest BCUT2D eigenvalue weighted by Gasteiger charge is 2.43. The van der Waals surface area contributed by atoms with E-state index in [-0.39, 0.29) is 24.7 Å². The summed E-state index contributed by atoms with van der Waals surface area (Å²) in [4.78, 5) is 31.9. The Bertz CT molecular complexity index is 1230. The van der Waals surface area contributed by atoms with E-state index in [2.05, 4.69) is 17.1 Å². The highest BCUT2D eigenvalue weighted by Crippen LogP contribution is 2.34. The number of allylic oxidation sites excluding steroid dienone is 1. The first-order chi connectivity index (χ1) is 19.9. The van der Waals surface area contributed by atoms with Gasteiger partial charge in [0.25, 0.3) is 0 Å². The fraction of sp³-hybridized carbons (Fsp3) is 0.559. The second kappa shape index (κ2) is 15.6. The van der Waals surface area contributed by atoms with Gasteiger partial charge in [0.2, 0.25) is 0 Å². The van der Waals surface area contributed by atoms with E-state index < -0.39 is 35.6 Å². The lowest BCUT2D eigenvalue weighted by Crippen LogP contribution is -2.46. The second-order valence-corrected chi connectivity index (χ2v) is 13.1. The number of Topliss-reactive ketones (excluding diaryl/α,β-unsaturated/α-hetero) is 1. The molecule has 0 radical (unpaired) electrons. The zero-order valence-corrected chi connectivity index (χ0v) is 26.9. The van der Waals surface area contributed by atoms with Gasteiger partial charge in [-0.25, -0.2) is 4.98 Å². The smallest absolute Gasteiger partial charge is 0.309 e. The number of benzene rings is 1. The fourth-order valence-corrected chi connectivity index (χ4v) is 5.93. The van der Waals surface area contributed by atoms with E-state index in [4.69, 9.17) is 14.2 Å². The number of aliphatic hydroxyl groups excluding tert-OH is 1. The van der Waals surface area contributed by atoms with Crippen LogP contribution in [-0.2, 0) is 25.7 Å². The second-order valence-electron chi connectivity index (χ2n) is 12.0. The number of thiazole rings is 1. The highest BCUT2D eigenvalue weighted by molar-refractivity contribution is 7.09. The number of esters is 1. The van der Waals surface area contributed by atoms with Gasteiger partial charge in [-0.1, -0.05) is 52.0 Å². The number of cyclic esters (lactones) is 1. The van der Waals surface area contributed by atoms with E-state index in [1.165, 1.54) is 0 Å². The van der Waals surface area contributed by atoms with E-state index in [1.54, 1.807) is 39.2 Å². The molecule has 0 aliphatic carbocycles. The average molecular weight is 598 g/mol. The third-order valence-electron chi connectivity index (χ3n) is 8.25. The molecule has 1 aliphatic heterocycles. The molecule has 7 nitrogen and oxygen atoms in total. The molecule has 1 aromatic carbocycles. The van der Waals surface area contributed by atoms with E-state index >= 15 is 0 Å². The van der Waals surface area contributed by atoms with Crippen molar-refractivity contribution in [2.75, 3.05) is 7.11 Å². The summed E-state index contributed by atoms with van der Waals surface area (Å²) in [5.41, 5.74) is 1.58. The van der Waals surface area contributed by atoms with Crippen LogP contribution in [0.15, 0.2) is 47.4 Å². The molecular formula is C34H47NO6S. The Morgan fingerprint density at radius 2 is 1.90 bits per heavy atom. The minimum Gasteiger partial charge on any atom is -0.497 e. The van der Waals surface area contributed by atoms with Crippen molar-refractivity contribution in [3.8, 4) is 5.75 Å². The number of ketones is 1. The molecule has 0 unspecified atom stereocenters. The number of aromatic nitrogens is 1. The molecule has 0 fully saturated rings. The van der Waals surface area contributed by atoms with Crippen molar-refractivity contribution in [3.05, 3.63) is 63.6 Å². The molecule has 2 aromatic rings. The van der Waals surface area contributed by atoms with Gasteiger partial charge in [0.1, 0.15) is 17.6 Å². The Balaban J connectivity index is 1.91. The van der Waals surface area contributed by atoms with Gasteiger partial charge in [0, 0.05) is 17.7 Å². The van der Waals surface area contributed by atoms with Gasteiger partial charge in [0.15, 0.2) is 0 Å². The van der Waals surface area contributed by atoms with E-state index in [0.717, 1.165) is 46.9 Å². The van der Waals surface area contributed by atoms with Crippen LogP contribution in [0, 0.1) is 24.2 Å². The third-order valence-corrected chi connectivity index (χ3v) is 9.04. The van der Waals surface area contributed by atoms with Crippen LogP contribution in [0.1, 0.15) is 83.0 Å². The molecular weight excluding hydrogens is 550 g/mol. The minimum atomic E-state index is -1.05. The van der Waals surface area contributed by atoms with Crippen molar-refractivity contribution < 1.29 is 28.9 Å². The van der Waals surface area contributed by atoms with Gasteiger partial charge in [0.05, 0.1) is 48.5 Å². The van der Waals surface area contributed by atoms with Gasteiger partial charge < -0.3 is 19.3 Å². The summed E-state index contributed by atoms with van der Waals surface area (Å²) < 4.78 is 17.6. The average Bonchev–Trinajstić information content (AvgIpc) is 3.38. The lowest BCUT2D eigenvalue weighted by atomic mass is 9.73. The Hall–Kier alpha value is -2.81. The summed E-state index contributed by atoms with van der Waals surface area (Å²) in [6.45, 7) is 11.5. The van der Waals surface area contributed by atoms with Gasteiger partial charge >= 0.3 is 5.97 Å². The molecule has 0 saturated carbocycles. The first-order valence-electron chi connectivity index (χ1n) is 14.8. The topological polar surface area (TPSA) is 95.0 Å². The van der Waals surface area contributed by atoms with Crippen LogP contribution in [0.2, 0.25) is 0 Å². The predicted molar refractivity (Wildman–Crippen MR) is 167 cm³/mol. The van der Waals surface area contributed by atoms with E-state index in [0.29, 0.717) is 6.42 Å². The number of aliphatic hydroxyl groups is 1. The molecule has 2 heterocycles. The zero-order chi connectivity index (χ0) is 30.9. The molecule has 3 rings (SSSR count). The highest BCUT2D eigenvalue weighted by atomic mass is 32.1. The molecule has 8 heteroatoms. The molecule has 1 aliphatic rings. The van der Waals surface area contributed by atoms with E-state index in [9.17, 15) is 14.7 Å². The van der Waals surface area contributed by atoms with Crippen LogP contribution in [0.5, 0.6) is 5.75 Å². The van der Waals surface area contributed by atoms with Crippen LogP contribution < -0.4 is 4.74 Å². The quantitative estimate of drug-likeness (QED) is 0.280. The predicted octanol–water partition coefficient (Wildman–Crippen LogP) is 7.11. The Morgan fingerprint density at radius 1 is 1.19 bits per heavy atom. The number of carbonyl (C=O) groups is 2. The Kier molecular flexibility index (Phi) is 12.5. The van der Waals surface area contributed by atoms with E-state index in [1.807, 2.05) is 56.5 Å². The molecule has 1 N–H and O–H groups in total. The number of carbonyl (C=O) groups excluding carboxylic acids is 2. The molecule has 0 bridgehead atoms. The number of hydrogen-bond acceptors (Lipinski definition) is 8. The molecule has 0 amide bonds. The molecule has 1 aromatic heterocycles. The summed E-state index contributed by atoms with van der Waals surface area (Å²) >= 11 is 1.58. The van der Waals surface area contributed by atoms with Crippen molar-refractivity contribution in [1.29, 1.82) is 0 Å². The SMILES string of the molecule is COc1ccc(CO[C@H]2CC(=O)O[C@@H](/C(C)=C/c3csc(C)n3)C/C=C\CCC[C@@H](C)[C@@H](O)[C@@H](C)C(=O)C2(C)C)cc1. The molecule has 0 spiro atoms. The number of methoxy groups -OCH3 is 1. The van der Waals surface area contributed by atoms with Gasteiger partial charge in [-0.05, 0) is 68.4 Å². The Labute approximate surface area is 255 Å². The normalized spacial score (nSPS) is 27.3. The first-order valence-corrected chi connectivity index (χ1v) is 15.7. The monoisotopic (exact) mass is 597 g/mol. The Morgan fingerprint density at radius 3 is 2.55 bits per heavy atom. The first kappa shape index (κ1) is 33.7. The van der Waals surface area contributed by atoms with Crippen molar-refractivity contribution >= 4 is 29.2 Å². The van der Waals surface area contributed by atoms with Crippen molar-refractivity contribution in [1.82, 2.24) is 4.98 Å². The maximum absolute atomic E-state index is 13.9. The van der Waals surface area contributed by atoms with Crippen molar-refractivity contribution in [2.24, 2.45) is 17.3 Å². The largest absolute Gasteiger partial charge is 0.497 e. The number of aryl methyl sites for hydroxylation is 1. The summed E-state index contributed by atoms with van der Waals surface area (Å²) in [7, 11) is 1.61. The van der Waals surface area contributed by atoms with Crippen molar-refractivity contribution in [2.45, 2.75) is 98.6 Å². The zero-order valence-electron chi connectivity index (χ0n) is 26.1. The molecule has 230 valence electrons. The lowest BCUT2D eigenvalue weighted by Gasteiger charge is -2.37. The number of ether oxygens (including phenoxy) is 3. The summed E-state index contributed by atoms with van der Waals surface area (Å²) in [5, 5.41) is 14.0. The summed E-state index contributed by atoms with van der Waals surface area (Å²) in [5.74, 6) is -0.487. The third kappa shape index (κ3) is 9.35. The maximum atomic E-state index is 13.9. The number of rotatable bonds is 6. The van der Waals surface area contributed by atoms with Crippen molar-refractivity contribution in [3.63, 3.8) is 0 Å². The lowest BCUT2D eigenvalue weighted by molar-refractivity contribution is -0.158. The van der Waals surface area contributed by atoms with Crippen LogP contribution in [0.4, 0.5) is 0 Å². The summed E-state index contributed by atoms with van der Waals surface area (Å²) in [6, 6.07) is 7.48. The van der Waals surface area contributed by atoms with Gasteiger partial charge in [-0.15, -0.1) is 11.3 Å². The number of hydrogen-bond donors (Lipinski definition) is 1. The van der Waals surface area contributed by atoms with Crippen LogP contribution in [0.25, 0.3) is 6.08 Å². The van der Waals surface area contributed by atoms with Crippen LogP contribution in [0.3, 0.4) is 0 Å². The fourth-order valence-electron chi connectivity index (χ4n) is 5.36. The maximum Gasteiger partial charge on any atom is 0.309 e. The molecule has 42 heavy (non-hydrogen) atoms. The van der Waals surface area contributed by atoms with Gasteiger partial charge in [-0.2, -0.15) is 0 Å². The molecule has 5 atom stereocenters. The van der Waals surface area contributed by atoms with Crippen LogP contribution >= 0.6 is 11.3 Å². The molecule has 0 saturated heterocycles. The minimum absolute atomic E-state index is 0.0378. The summed E-state index contributed by atoms with van der Waals surface area (Å²) in [6.07, 6.45) is 7.09.